The van der Waals surface area contributed by atoms with Crippen molar-refractivity contribution in [1.29, 1.82) is 0 Å². The molecule has 10 heteroatoms. The van der Waals surface area contributed by atoms with E-state index in [1.165, 1.54) is 5.56 Å². The van der Waals surface area contributed by atoms with E-state index in [0.29, 0.717) is 38.4 Å². The van der Waals surface area contributed by atoms with Gasteiger partial charge in [-0.2, -0.15) is 5.10 Å². The van der Waals surface area contributed by atoms with Crippen molar-refractivity contribution in [3.63, 3.8) is 0 Å². The van der Waals surface area contributed by atoms with Gasteiger partial charge in [0.25, 0.3) is 5.91 Å². The number of rotatable bonds is 4. The Morgan fingerprint density at radius 2 is 1.90 bits per heavy atom. The minimum absolute atomic E-state index is 0.0549. The summed E-state index contributed by atoms with van der Waals surface area (Å²) in [4.78, 5) is 27.8. The molecule has 0 aliphatic carbocycles. The number of morpholine rings is 1. The molecule has 1 atom stereocenters. The molecule has 1 amide bonds. The second-order valence-electron chi connectivity index (χ2n) is 10.7. The molecule has 0 bridgehead atoms. The molecule has 10 nitrogen and oxygen atoms in total. The highest BCUT2D eigenvalue weighted by atomic mass is 16.5. The van der Waals surface area contributed by atoms with Crippen molar-refractivity contribution in [1.82, 2.24) is 29.8 Å². The van der Waals surface area contributed by atoms with Crippen LogP contribution in [0.15, 0.2) is 59.3 Å². The van der Waals surface area contributed by atoms with Crippen molar-refractivity contribution in [3.05, 3.63) is 88.8 Å². The van der Waals surface area contributed by atoms with Gasteiger partial charge in [0, 0.05) is 31.1 Å². The summed E-state index contributed by atoms with van der Waals surface area (Å²) in [5.74, 6) is 1.49. The first-order chi connectivity index (χ1) is 20.0. The first-order valence-corrected chi connectivity index (χ1v) is 13.9. The number of anilines is 1. The number of nitrogens with zero attached hydrogens (tertiary/aromatic N) is 7. The number of benzene rings is 2. The largest absolute Gasteiger partial charge is 0.377 e. The summed E-state index contributed by atoms with van der Waals surface area (Å²) in [6, 6.07) is 16.3. The monoisotopic (exact) mass is 549 g/mol. The molecule has 5 aromatic rings. The molecule has 7 rings (SSSR count). The van der Waals surface area contributed by atoms with Gasteiger partial charge in [-0.3, -0.25) is 9.48 Å². The summed E-state index contributed by atoms with van der Waals surface area (Å²) in [6.45, 7) is 6.67. The van der Waals surface area contributed by atoms with Gasteiger partial charge in [-0.25, -0.2) is 9.97 Å². The van der Waals surface area contributed by atoms with Crippen LogP contribution in [-0.2, 0) is 24.8 Å². The number of amides is 1. The Hall–Kier alpha value is -4.57. The van der Waals surface area contributed by atoms with Gasteiger partial charge in [0.2, 0.25) is 5.82 Å². The summed E-state index contributed by atoms with van der Waals surface area (Å²) in [7, 11) is 1.91. The Balaban J connectivity index is 1.36. The van der Waals surface area contributed by atoms with Crippen molar-refractivity contribution < 1.29 is 14.1 Å². The van der Waals surface area contributed by atoms with Crippen molar-refractivity contribution in [2.75, 3.05) is 31.2 Å². The van der Waals surface area contributed by atoms with Crippen LogP contribution in [0.2, 0.25) is 0 Å². The molecule has 1 fully saturated rings. The SMILES string of the molecule is Cc1noc(C)c1-c1ccc2nc(C(=O)N3CCc4cnn(C)c4C3)nc(N3CCOCC3c3ccccc3)c2c1. The molecule has 1 saturated heterocycles. The second kappa shape index (κ2) is 10.1. The average Bonchev–Trinajstić information content (AvgIpc) is 3.56. The first-order valence-electron chi connectivity index (χ1n) is 13.9. The van der Waals surface area contributed by atoms with Gasteiger partial charge in [0.15, 0.2) is 0 Å². The molecule has 2 aliphatic rings. The minimum atomic E-state index is -0.181. The summed E-state index contributed by atoms with van der Waals surface area (Å²) < 4.78 is 13.2. The number of carbonyl (C=O) groups excluding carboxylic acids is 1. The Kier molecular flexibility index (Phi) is 6.27. The number of aromatic nitrogens is 5. The van der Waals surface area contributed by atoms with Crippen LogP contribution in [0.4, 0.5) is 5.82 Å². The summed E-state index contributed by atoms with van der Waals surface area (Å²) in [5.41, 5.74) is 6.83. The highest BCUT2D eigenvalue weighted by Gasteiger charge is 2.31. The maximum absolute atomic E-state index is 13.9. The minimum Gasteiger partial charge on any atom is -0.377 e. The predicted octanol–water partition coefficient (Wildman–Crippen LogP) is 4.41. The van der Waals surface area contributed by atoms with Gasteiger partial charge in [-0.05, 0) is 49.1 Å². The van der Waals surface area contributed by atoms with E-state index in [2.05, 4.69) is 33.4 Å². The van der Waals surface area contributed by atoms with Crippen LogP contribution in [0.5, 0.6) is 0 Å². The summed E-state index contributed by atoms with van der Waals surface area (Å²) in [5, 5.41) is 9.40. The van der Waals surface area contributed by atoms with E-state index in [9.17, 15) is 4.79 Å². The highest BCUT2D eigenvalue weighted by Crippen LogP contribution is 2.36. The molecular formula is C31H31N7O3. The number of ether oxygens (including phenoxy) is 1. The molecule has 1 unspecified atom stereocenters. The molecule has 0 N–H and O–H groups in total. The van der Waals surface area contributed by atoms with Crippen LogP contribution in [-0.4, -0.2) is 62.0 Å². The van der Waals surface area contributed by atoms with Gasteiger partial charge in [-0.1, -0.05) is 41.6 Å². The lowest BCUT2D eigenvalue weighted by Gasteiger charge is -2.37. The number of carbonyl (C=O) groups is 1. The van der Waals surface area contributed by atoms with Gasteiger partial charge in [0.05, 0.1) is 48.9 Å². The zero-order chi connectivity index (χ0) is 28.1. The van der Waals surface area contributed by atoms with Crippen LogP contribution in [0.25, 0.3) is 22.0 Å². The smallest absolute Gasteiger partial charge is 0.292 e. The third kappa shape index (κ3) is 4.44. The van der Waals surface area contributed by atoms with Gasteiger partial charge in [0.1, 0.15) is 11.6 Å². The summed E-state index contributed by atoms with van der Waals surface area (Å²) >= 11 is 0. The zero-order valence-electron chi connectivity index (χ0n) is 23.4. The lowest BCUT2D eigenvalue weighted by Crippen LogP contribution is -2.41. The normalized spacial score (nSPS) is 17.2. The molecule has 0 saturated carbocycles. The standard InChI is InChI=1S/C31H31N7O3/c1-19-28(20(2)41-35-19)22-9-10-25-24(15-22)30(38-13-14-40-18-27(38)21-7-5-4-6-8-21)34-29(33-25)31(39)37-12-11-23-16-32-36(3)26(23)17-37/h4-10,15-16,27H,11-14,17-18H2,1-3H3. The molecule has 0 radical (unpaired) electrons. The van der Waals surface area contributed by atoms with Crippen molar-refractivity contribution in [2.45, 2.75) is 32.9 Å². The quantitative estimate of drug-likeness (QED) is 0.325. The molecule has 41 heavy (non-hydrogen) atoms. The third-order valence-electron chi connectivity index (χ3n) is 8.20. The molecule has 5 heterocycles. The third-order valence-corrected chi connectivity index (χ3v) is 8.20. The highest BCUT2D eigenvalue weighted by molar-refractivity contribution is 5.98. The maximum atomic E-state index is 13.9. The van der Waals surface area contributed by atoms with Crippen molar-refractivity contribution in [3.8, 4) is 11.1 Å². The van der Waals surface area contributed by atoms with Gasteiger partial charge < -0.3 is 19.1 Å². The molecule has 2 aromatic carbocycles. The Bertz CT molecular complexity index is 1740. The van der Waals surface area contributed by atoms with E-state index in [4.69, 9.17) is 19.2 Å². The fourth-order valence-electron chi connectivity index (χ4n) is 6.04. The van der Waals surface area contributed by atoms with Crippen molar-refractivity contribution in [2.24, 2.45) is 7.05 Å². The number of fused-ring (bicyclic) bond motifs is 2. The van der Waals surface area contributed by atoms with Crippen LogP contribution < -0.4 is 4.90 Å². The van der Waals surface area contributed by atoms with Crippen LogP contribution in [0, 0.1) is 13.8 Å². The zero-order valence-corrected chi connectivity index (χ0v) is 23.4. The lowest BCUT2D eigenvalue weighted by atomic mass is 10.0. The number of aryl methyl sites for hydroxylation is 3. The van der Waals surface area contributed by atoms with Crippen LogP contribution >= 0.6 is 0 Å². The molecule has 208 valence electrons. The van der Waals surface area contributed by atoms with E-state index in [-0.39, 0.29) is 17.8 Å². The van der Waals surface area contributed by atoms with E-state index in [1.54, 1.807) is 0 Å². The van der Waals surface area contributed by atoms with E-state index in [1.807, 2.05) is 67.0 Å². The van der Waals surface area contributed by atoms with Crippen LogP contribution in [0.1, 0.15) is 44.9 Å². The molecule has 3 aromatic heterocycles. The van der Waals surface area contributed by atoms with Crippen LogP contribution in [0.3, 0.4) is 0 Å². The Morgan fingerprint density at radius 1 is 1.05 bits per heavy atom. The summed E-state index contributed by atoms with van der Waals surface area (Å²) in [6.07, 6.45) is 2.65. The molecule has 2 aliphatic heterocycles. The Labute approximate surface area is 237 Å². The first kappa shape index (κ1) is 25.4. The molecule has 0 spiro atoms. The van der Waals surface area contributed by atoms with E-state index < -0.39 is 0 Å². The van der Waals surface area contributed by atoms with Gasteiger partial charge in [-0.15, -0.1) is 0 Å². The van der Waals surface area contributed by atoms with E-state index >= 15 is 0 Å². The number of hydrogen-bond acceptors (Lipinski definition) is 8. The van der Waals surface area contributed by atoms with E-state index in [0.717, 1.165) is 51.5 Å². The second-order valence-corrected chi connectivity index (χ2v) is 10.7. The lowest BCUT2D eigenvalue weighted by molar-refractivity contribution is 0.0718. The Morgan fingerprint density at radius 3 is 2.71 bits per heavy atom. The fourth-order valence-corrected chi connectivity index (χ4v) is 6.04. The van der Waals surface area contributed by atoms with Gasteiger partial charge >= 0.3 is 0 Å². The maximum Gasteiger partial charge on any atom is 0.292 e. The molecular weight excluding hydrogens is 518 g/mol. The average molecular weight is 550 g/mol. The predicted molar refractivity (Wildman–Crippen MR) is 154 cm³/mol. The van der Waals surface area contributed by atoms with Crippen molar-refractivity contribution >= 4 is 22.6 Å². The fraction of sp³-hybridized carbons (Fsp3) is 0.323. The number of hydrogen-bond donors (Lipinski definition) is 0. The topological polar surface area (TPSA) is 102 Å².